The van der Waals surface area contributed by atoms with Crippen molar-refractivity contribution in [2.45, 2.75) is 51.7 Å². The van der Waals surface area contributed by atoms with Gasteiger partial charge in [-0.2, -0.15) is 0 Å². The maximum Gasteiger partial charge on any atom is 0.172 e. The molecule has 0 fully saturated rings. The fourth-order valence-electron chi connectivity index (χ4n) is 5.39. The number of allylic oxidation sites excluding steroid dienone is 3. The maximum atomic E-state index is 10.5. The quantitative estimate of drug-likeness (QED) is 0.565. The van der Waals surface area contributed by atoms with Crippen molar-refractivity contribution in [2.75, 3.05) is 12.4 Å². The van der Waals surface area contributed by atoms with Gasteiger partial charge in [0.05, 0.1) is 18.2 Å². The highest BCUT2D eigenvalue weighted by molar-refractivity contribution is 5.92. The lowest BCUT2D eigenvalue weighted by atomic mass is 9.76. The van der Waals surface area contributed by atoms with E-state index < -0.39 is 0 Å². The van der Waals surface area contributed by atoms with Crippen molar-refractivity contribution in [3.63, 3.8) is 0 Å². The molecule has 0 radical (unpaired) electrons. The molecule has 4 nitrogen and oxygen atoms in total. The van der Waals surface area contributed by atoms with Crippen LogP contribution >= 0.6 is 0 Å². The predicted octanol–water partition coefficient (Wildman–Crippen LogP) is 6.47. The second-order valence-electron chi connectivity index (χ2n) is 9.20. The lowest BCUT2D eigenvalue weighted by Crippen LogP contribution is -2.33. The third kappa shape index (κ3) is 2.89. The number of anilines is 1. The Morgan fingerprint density at radius 2 is 1.97 bits per heavy atom. The average molecular weight is 404 g/mol. The van der Waals surface area contributed by atoms with Gasteiger partial charge in [-0.1, -0.05) is 24.3 Å². The molecule has 4 heteroatoms. The Morgan fingerprint density at radius 1 is 1.13 bits per heavy atom. The van der Waals surface area contributed by atoms with Crippen molar-refractivity contribution in [1.82, 2.24) is 0 Å². The fraction of sp³-hybridized carbons (Fsp3) is 0.385. The molecule has 1 unspecified atom stereocenters. The molecule has 3 aliphatic rings. The van der Waals surface area contributed by atoms with Gasteiger partial charge in [-0.3, -0.25) is 0 Å². The monoisotopic (exact) mass is 403 g/mol. The molecular weight excluding hydrogens is 374 g/mol. The number of nitrogens with one attached hydrogen (secondary N) is 1. The first kappa shape index (κ1) is 19.1. The molecule has 0 aromatic heterocycles. The highest BCUT2D eigenvalue weighted by atomic mass is 16.5. The molecule has 0 spiro atoms. The number of aromatic hydroxyl groups is 1. The van der Waals surface area contributed by atoms with Gasteiger partial charge in [-0.05, 0) is 69.4 Å². The van der Waals surface area contributed by atoms with Gasteiger partial charge in [0.25, 0.3) is 0 Å². The standard InChI is InChI=1S/C26H29NO3/c1-15-14-26(2,3)27-18-11-10-17-22-20(13-12-19(28)25(22)29-4)30-24(23(17)21(15)18)16-8-6-5-7-9-16/h5-6,10-14,16,24,27-28H,7-9H2,1-4H3/t16?,24-/m1/s1. The van der Waals surface area contributed by atoms with Crippen LogP contribution in [0.5, 0.6) is 17.2 Å². The summed E-state index contributed by atoms with van der Waals surface area (Å²) in [6.07, 6.45) is 10.0. The lowest BCUT2D eigenvalue weighted by Gasteiger charge is -2.40. The van der Waals surface area contributed by atoms with E-state index in [4.69, 9.17) is 9.47 Å². The van der Waals surface area contributed by atoms with Crippen LogP contribution < -0.4 is 14.8 Å². The highest BCUT2D eigenvalue weighted by Gasteiger charge is 2.38. The van der Waals surface area contributed by atoms with Crippen LogP contribution in [0.4, 0.5) is 5.69 Å². The third-order valence-corrected chi connectivity index (χ3v) is 6.52. The third-order valence-electron chi connectivity index (χ3n) is 6.52. The molecule has 2 N–H and O–H groups in total. The summed E-state index contributed by atoms with van der Waals surface area (Å²) in [4.78, 5) is 0. The van der Waals surface area contributed by atoms with Crippen LogP contribution in [0.15, 0.2) is 42.5 Å². The molecule has 2 atom stereocenters. The first-order chi connectivity index (χ1) is 14.4. The topological polar surface area (TPSA) is 50.7 Å². The Balaban J connectivity index is 1.79. The van der Waals surface area contributed by atoms with Gasteiger partial charge in [-0.25, -0.2) is 0 Å². The van der Waals surface area contributed by atoms with E-state index >= 15 is 0 Å². The van der Waals surface area contributed by atoms with Crippen LogP contribution in [-0.4, -0.2) is 17.8 Å². The van der Waals surface area contributed by atoms with E-state index in [0.717, 1.165) is 41.8 Å². The Bertz CT molecular complexity index is 1080. The van der Waals surface area contributed by atoms with Crippen LogP contribution in [0.25, 0.3) is 16.7 Å². The van der Waals surface area contributed by atoms with E-state index in [2.05, 4.69) is 56.4 Å². The Labute approximate surface area is 178 Å². The van der Waals surface area contributed by atoms with Crippen LogP contribution in [0.3, 0.4) is 0 Å². The Hall–Kier alpha value is -2.88. The Morgan fingerprint density at radius 3 is 2.70 bits per heavy atom. The zero-order valence-corrected chi connectivity index (χ0v) is 18.1. The number of fused-ring (bicyclic) bond motifs is 5. The van der Waals surface area contributed by atoms with Gasteiger partial charge in [0.2, 0.25) is 0 Å². The molecule has 0 amide bonds. The van der Waals surface area contributed by atoms with Crippen LogP contribution in [0, 0.1) is 5.92 Å². The summed E-state index contributed by atoms with van der Waals surface area (Å²) in [5.74, 6) is 1.80. The van der Waals surface area contributed by atoms with Gasteiger partial charge >= 0.3 is 0 Å². The normalized spacial score (nSPS) is 23.3. The SMILES string of the molecule is COc1c(O)ccc2c1-c1ccc3c(c1[C@@H](C1CC=CCC1)O2)C(C)=CC(C)(C)N3. The van der Waals surface area contributed by atoms with E-state index in [1.165, 1.54) is 16.7 Å². The number of hydrogen-bond acceptors (Lipinski definition) is 4. The van der Waals surface area contributed by atoms with Gasteiger partial charge in [0, 0.05) is 22.7 Å². The van der Waals surface area contributed by atoms with Crippen molar-refractivity contribution < 1.29 is 14.6 Å². The highest BCUT2D eigenvalue weighted by Crippen LogP contribution is 2.56. The fourth-order valence-corrected chi connectivity index (χ4v) is 5.39. The molecule has 156 valence electrons. The molecule has 30 heavy (non-hydrogen) atoms. The summed E-state index contributed by atoms with van der Waals surface area (Å²) in [6.45, 7) is 6.57. The molecule has 2 heterocycles. The van der Waals surface area contributed by atoms with Gasteiger partial charge in [0.15, 0.2) is 11.5 Å². The van der Waals surface area contributed by atoms with E-state index in [1.807, 2.05) is 6.07 Å². The summed E-state index contributed by atoms with van der Waals surface area (Å²) in [6, 6.07) is 7.84. The number of benzene rings is 2. The minimum atomic E-state index is -0.0994. The smallest absolute Gasteiger partial charge is 0.172 e. The van der Waals surface area contributed by atoms with Crippen molar-refractivity contribution >= 4 is 11.3 Å². The average Bonchev–Trinajstić information content (AvgIpc) is 2.72. The maximum absolute atomic E-state index is 10.5. The van der Waals surface area contributed by atoms with E-state index in [9.17, 15) is 5.11 Å². The number of ether oxygens (including phenoxy) is 2. The zero-order chi connectivity index (χ0) is 21.0. The second kappa shape index (κ2) is 6.83. The first-order valence-electron chi connectivity index (χ1n) is 10.8. The number of rotatable bonds is 2. The molecule has 0 saturated carbocycles. The predicted molar refractivity (Wildman–Crippen MR) is 121 cm³/mol. The summed E-state index contributed by atoms with van der Waals surface area (Å²) in [5.41, 5.74) is 6.67. The molecule has 0 bridgehead atoms. The molecule has 2 aromatic carbocycles. The van der Waals surface area contributed by atoms with Crippen LogP contribution in [0.1, 0.15) is 57.3 Å². The van der Waals surface area contributed by atoms with Crippen molar-refractivity contribution in [3.8, 4) is 28.4 Å². The number of hydrogen-bond donors (Lipinski definition) is 2. The number of phenols is 1. The van der Waals surface area contributed by atoms with Crippen molar-refractivity contribution in [1.29, 1.82) is 0 Å². The lowest BCUT2D eigenvalue weighted by molar-refractivity contribution is 0.124. The first-order valence-corrected chi connectivity index (χ1v) is 10.8. The van der Waals surface area contributed by atoms with Crippen molar-refractivity contribution in [2.24, 2.45) is 5.92 Å². The molecule has 2 aliphatic heterocycles. The van der Waals surface area contributed by atoms with Gasteiger partial charge < -0.3 is 19.9 Å². The summed E-state index contributed by atoms with van der Waals surface area (Å²) in [5, 5.41) is 14.1. The minimum absolute atomic E-state index is 0.0342. The van der Waals surface area contributed by atoms with E-state index in [1.54, 1.807) is 13.2 Å². The largest absolute Gasteiger partial charge is 0.504 e. The molecule has 0 saturated heterocycles. The molecule has 2 aromatic rings. The summed E-state index contributed by atoms with van der Waals surface area (Å²) in [7, 11) is 1.60. The van der Waals surface area contributed by atoms with Gasteiger partial charge in [0.1, 0.15) is 11.9 Å². The minimum Gasteiger partial charge on any atom is -0.504 e. The van der Waals surface area contributed by atoms with Gasteiger partial charge in [-0.15, -0.1) is 0 Å². The van der Waals surface area contributed by atoms with Crippen LogP contribution in [0.2, 0.25) is 0 Å². The number of phenolic OH excluding ortho intramolecular Hbond substituents is 1. The summed E-state index contributed by atoms with van der Waals surface area (Å²) < 4.78 is 12.3. The second-order valence-corrected chi connectivity index (χ2v) is 9.20. The molecular formula is C26H29NO3. The molecule has 1 aliphatic carbocycles. The number of methoxy groups -OCH3 is 1. The molecule has 5 rings (SSSR count). The zero-order valence-electron chi connectivity index (χ0n) is 18.1. The van der Waals surface area contributed by atoms with Crippen LogP contribution in [-0.2, 0) is 0 Å². The van der Waals surface area contributed by atoms with E-state index in [0.29, 0.717) is 11.7 Å². The van der Waals surface area contributed by atoms with E-state index in [-0.39, 0.29) is 17.4 Å². The van der Waals surface area contributed by atoms with Crippen molar-refractivity contribution in [3.05, 3.63) is 53.6 Å². The summed E-state index contributed by atoms with van der Waals surface area (Å²) >= 11 is 0. The Kier molecular flexibility index (Phi) is 4.35.